The predicted octanol–water partition coefficient (Wildman–Crippen LogP) is 4.03. The lowest BCUT2D eigenvalue weighted by molar-refractivity contribution is -0.138. The number of rotatable bonds is 5. The molecule has 4 rings (SSSR count). The number of carbonyl (C=O) groups is 1. The molecule has 0 bridgehead atoms. The molecule has 1 aliphatic carbocycles. The molecule has 1 saturated heterocycles. The van der Waals surface area contributed by atoms with Crippen LogP contribution in [0.25, 0.3) is 10.8 Å². The number of hydrogen-bond donors (Lipinski definition) is 0. The highest BCUT2D eigenvalue weighted by molar-refractivity contribution is 7.89. The first-order chi connectivity index (χ1) is 14.0. The van der Waals surface area contributed by atoms with Crippen molar-refractivity contribution < 1.29 is 13.2 Å². The quantitative estimate of drug-likeness (QED) is 0.742. The van der Waals surface area contributed by atoms with Crippen LogP contribution in [0.1, 0.15) is 45.4 Å². The molecule has 0 aromatic heterocycles. The van der Waals surface area contributed by atoms with Gasteiger partial charge >= 0.3 is 0 Å². The minimum atomic E-state index is -3.54. The van der Waals surface area contributed by atoms with Gasteiger partial charge in [0, 0.05) is 31.6 Å². The third-order valence-electron chi connectivity index (χ3n) is 6.55. The molecule has 0 atom stereocenters. The Morgan fingerprint density at radius 2 is 1.66 bits per heavy atom. The van der Waals surface area contributed by atoms with Crippen LogP contribution in [0.5, 0.6) is 0 Å². The molecule has 1 saturated carbocycles. The summed E-state index contributed by atoms with van der Waals surface area (Å²) in [5, 5.41) is 1.95. The van der Waals surface area contributed by atoms with Gasteiger partial charge in [-0.15, -0.1) is 0 Å². The molecule has 2 aromatic carbocycles. The van der Waals surface area contributed by atoms with Gasteiger partial charge in [0.25, 0.3) is 0 Å². The van der Waals surface area contributed by atoms with Crippen molar-refractivity contribution in [1.29, 1.82) is 0 Å². The SMILES string of the molecule is CCN(C(=O)C1CCN(S(=O)(=O)c2ccc3ccccc3c2)CC1)C1CCCC1. The maximum Gasteiger partial charge on any atom is 0.243 e. The van der Waals surface area contributed by atoms with Crippen molar-refractivity contribution in [3.8, 4) is 0 Å². The summed E-state index contributed by atoms with van der Waals surface area (Å²) in [6.07, 6.45) is 5.83. The second-order valence-corrected chi connectivity index (χ2v) is 10.2. The summed E-state index contributed by atoms with van der Waals surface area (Å²) < 4.78 is 27.8. The Morgan fingerprint density at radius 3 is 2.31 bits per heavy atom. The Bertz CT molecular complexity index is 975. The molecule has 0 radical (unpaired) electrons. The Kier molecular flexibility index (Phi) is 5.93. The summed E-state index contributed by atoms with van der Waals surface area (Å²) in [5.41, 5.74) is 0. The van der Waals surface area contributed by atoms with Gasteiger partial charge in [0.15, 0.2) is 0 Å². The van der Waals surface area contributed by atoms with E-state index in [1.54, 1.807) is 16.4 Å². The molecule has 156 valence electrons. The number of benzene rings is 2. The van der Waals surface area contributed by atoms with Crippen LogP contribution < -0.4 is 0 Å². The van der Waals surface area contributed by atoms with Crippen LogP contribution in [0.15, 0.2) is 47.4 Å². The predicted molar refractivity (Wildman–Crippen MR) is 115 cm³/mol. The summed E-state index contributed by atoms with van der Waals surface area (Å²) in [7, 11) is -3.54. The smallest absolute Gasteiger partial charge is 0.243 e. The second-order valence-electron chi connectivity index (χ2n) is 8.25. The van der Waals surface area contributed by atoms with Crippen molar-refractivity contribution in [3.05, 3.63) is 42.5 Å². The minimum Gasteiger partial charge on any atom is -0.340 e. The molecule has 1 aliphatic heterocycles. The van der Waals surface area contributed by atoms with E-state index in [1.807, 2.05) is 35.2 Å². The van der Waals surface area contributed by atoms with Crippen LogP contribution in [0, 0.1) is 5.92 Å². The number of hydrogen-bond acceptors (Lipinski definition) is 3. The fraction of sp³-hybridized carbons (Fsp3) is 0.522. The van der Waals surface area contributed by atoms with E-state index in [4.69, 9.17) is 0 Å². The fourth-order valence-electron chi connectivity index (χ4n) is 4.86. The number of fused-ring (bicyclic) bond motifs is 1. The lowest BCUT2D eigenvalue weighted by Gasteiger charge is -2.35. The van der Waals surface area contributed by atoms with E-state index < -0.39 is 10.0 Å². The van der Waals surface area contributed by atoms with Gasteiger partial charge in [0.05, 0.1) is 4.90 Å². The highest BCUT2D eigenvalue weighted by Crippen LogP contribution is 2.30. The number of nitrogens with zero attached hydrogens (tertiary/aromatic N) is 2. The first kappa shape index (κ1) is 20.4. The Labute approximate surface area is 173 Å². The van der Waals surface area contributed by atoms with Crippen molar-refractivity contribution in [2.45, 2.75) is 56.4 Å². The van der Waals surface area contributed by atoms with Crippen molar-refractivity contribution in [2.24, 2.45) is 5.92 Å². The Balaban J connectivity index is 1.44. The molecule has 0 N–H and O–H groups in total. The maximum absolute atomic E-state index is 13.1. The summed E-state index contributed by atoms with van der Waals surface area (Å²) >= 11 is 0. The summed E-state index contributed by atoms with van der Waals surface area (Å²) in [6, 6.07) is 13.5. The topological polar surface area (TPSA) is 57.7 Å². The van der Waals surface area contributed by atoms with Gasteiger partial charge < -0.3 is 4.90 Å². The molecule has 1 heterocycles. The molecule has 2 fully saturated rings. The molecule has 29 heavy (non-hydrogen) atoms. The monoisotopic (exact) mass is 414 g/mol. The lowest BCUT2D eigenvalue weighted by Crippen LogP contribution is -2.47. The average molecular weight is 415 g/mol. The van der Waals surface area contributed by atoms with Crippen LogP contribution in [0.4, 0.5) is 0 Å². The van der Waals surface area contributed by atoms with Gasteiger partial charge in [-0.3, -0.25) is 4.79 Å². The maximum atomic E-state index is 13.1. The average Bonchev–Trinajstić information content (AvgIpc) is 3.28. The van der Waals surface area contributed by atoms with E-state index in [0.717, 1.165) is 30.2 Å². The van der Waals surface area contributed by atoms with E-state index in [1.165, 1.54) is 12.8 Å². The number of piperidine rings is 1. The number of carbonyl (C=O) groups excluding carboxylic acids is 1. The molecule has 0 spiro atoms. The highest BCUT2D eigenvalue weighted by Gasteiger charge is 2.35. The van der Waals surface area contributed by atoms with Crippen molar-refractivity contribution in [3.63, 3.8) is 0 Å². The molecular formula is C23H30N2O3S. The molecular weight excluding hydrogens is 384 g/mol. The number of amides is 1. The van der Waals surface area contributed by atoms with Crippen molar-refractivity contribution in [1.82, 2.24) is 9.21 Å². The largest absolute Gasteiger partial charge is 0.340 e. The molecule has 6 heteroatoms. The van der Waals surface area contributed by atoms with Gasteiger partial charge in [-0.2, -0.15) is 4.31 Å². The van der Waals surface area contributed by atoms with E-state index in [2.05, 4.69) is 6.92 Å². The molecule has 0 unspecified atom stereocenters. The first-order valence-corrected chi connectivity index (χ1v) is 12.2. The van der Waals surface area contributed by atoms with E-state index in [9.17, 15) is 13.2 Å². The summed E-state index contributed by atoms with van der Waals surface area (Å²) in [5.74, 6) is 0.167. The first-order valence-electron chi connectivity index (χ1n) is 10.8. The van der Waals surface area contributed by atoms with Crippen molar-refractivity contribution in [2.75, 3.05) is 19.6 Å². The molecule has 2 aliphatic rings. The minimum absolute atomic E-state index is 0.0568. The van der Waals surface area contributed by atoms with Crippen LogP contribution in [-0.4, -0.2) is 49.2 Å². The molecule has 2 aromatic rings. The fourth-order valence-corrected chi connectivity index (χ4v) is 6.37. The van der Waals surface area contributed by atoms with Crippen LogP contribution >= 0.6 is 0 Å². The summed E-state index contributed by atoms with van der Waals surface area (Å²) in [6.45, 7) is 3.62. The van der Waals surface area contributed by atoms with Crippen molar-refractivity contribution >= 4 is 26.7 Å². The van der Waals surface area contributed by atoms with E-state index in [0.29, 0.717) is 36.9 Å². The highest BCUT2D eigenvalue weighted by atomic mass is 32.2. The van der Waals surface area contributed by atoms with Gasteiger partial charge in [-0.1, -0.05) is 43.2 Å². The third-order valence-corrected chi connectivity index (χ3v) is 8.45. The van der Waals surface area contributed by atoms with Crippen LogP contribution in [0.3, 0.4) is 0 Å². The van der Waals surface area contributed by atoms with Gasteiger partial charge in [-0.05, 0) is 55.5 Å². The summed E-state index contributed by atoms with van der Waals surface area (Å²) in [4.78, 5) is 15.4. The van der Waals surface area contributed by atoms with Gasteiger partial charge in [0.1, 0.15) is 0 Å². The lowest BCUT2D eigenvalue weighted by atomic mass is 9.95. The van der Waals surface area contributed by atoms with Crippen LogP contribution in [-0.2, 0) is 14.8 Å². The van der Waals surface area contributed by atoms with E-state index in [-0.39, 0.29) is 11.8 Å². The zero-order valence-electron chi connectivity index (χ0n) is 17.1. The zero-order chi connectivity index (χ0) is 20.4. The normalized spacial score (nSPS) is 19.6. The van der Waals surface area contributed by atoms with E-state index >= 15 is 0 Å². The van der Waals surface area contributed by atoms with Gasteiger partial charge in [-0.25, -0.2) is 8.42 Å². The molecule has 5 nitrogen and oxygen atoms in total. The zero-order valence-corrected chi connectivity index (χ0v) is 17.9. The second kappa shape index (κ2) is 8.44. The third kappa shape index (κ3) is 4.05. The Hall–Kier alpha value is -1.92. The number of sulfonamides is 1. The Morgan fingerprint density at radius 1 is 1.00 bits per heavy atom. The molecule has 1 amide bonds. The standard InChI is InChI=1S/C23H30N2O3S/c1-2-25(21-9-5-6-10-21)23(26)19-13-15-24(16-14-19)29(27,28)22-12-11-18-7-3-4-8-20(18)17-22/h3-4,7-8,11-12,17,19,21H,2,5-6,9-10,13-16H2,1H3. The van der Waals surface area contributed by atoms with Crippen LogP contribution in [0.2, 0.25) is 0 Å². The van der Waals surface area contributed by atoms with Gasteiger partial charge in [0.2, 0.25) is 15.9 Å².